The summed E-state index contributed by atoms with van der Waals surface area (Å²) in [5.41, 5.74) is 4.82. The molecule has 0 heterocycles. The third kappa shape index (κ3) is 5.07. The van der Waals surface area contributed by atoms with Crippen molar-refractivity contribution in [2.24, 2.45) is 0 Å². The van der Waals surface area contributed by atoms with Crippen LogP contribution in [0, 0.1) is 0 Å². The molecule has 4 aliphatic carbocycles. The van der Waals surface area contributed by atoms with Crippen LogP contribution < -0.4 is 0 Å². The lowest BCUT2D eigenvalue weighted by Gasteiger charge is -2.50. The van der Waals surface area contributed by atoms with E-state index in [9.17, 15) is 0 Å². The molecule has 0 aromatic carbocycles. The monoisotopic (exact) mass is 394 g/mol. The summed E-state index contributed by atoms with van der Waals surface area (Å²) < 4.78 is 0. The normalized spacial score (nSPS) is 28.8. The lowest BCUT2D eigenvalue weighted by atomic mass is 9.99. The van der Waals surface area contributed by atoms with Gasteiger partial charge < -0.3 is 0 Å². The van der Waals surface area contributed by atoms with Crippen LogP contribution in [0.1, 0.15) is 128 Å². The van der Waals surface area contributed by atoms with Crippen molar-refractivity contribution in [2.75, 3.05) is 0 Å². The summed E-state index contributed by atoms with van der Waals surface area (Å²) >= 11 is 0. The highest BCUT2D eigenvalue weighted by Gasteiger charge is 2.43. The zero-order valence-corrected chi connectivity index (χ0v) is 19.1. The van der Waals surface area contributed by atoms with Crippen LogP contribution >= 0.6 is 15.2 Å². The Kier molecular flexibility index (Phi) is 8.20. The largest absolute Gasteiger partial charge is 0.0741 e. The average Bonchev–Trinajstić information content (AvgIpc) is 2.74. The first-order chi connectivity index (χ1) is 12.9. The van der Waals surface area contributed by atoms with Crippen molar-refractivity contribution in [3.05, 3.63) is 0 Å². The Balaban J connectivity index is 1.59. The summed E-state index contributed by atoms with van der Waals surface area (Å²) in [7, 11) is 0.717. The second-order valence-corrected chi connectivity index (χ2v) is 17.1. The first-order valence-corrected chi connectivity index (χ1v) is 16.2. The van der Waals surface area contributed by atoms with E-state index in [4.69, 9.17) is 0 Å². The van der Waals surface area contributed by atoms with Crippen LogP contribution in [0.4, 0.5) is 0 Å². The summed E-state index contributed by atoms with van der Waals surface area (Å²) in [6, 6.07) is 0. The topological polar surface area (TPSA) is 0 Å². The quantitative estimate of drug-likeness (QED) is 0.408. The molecule has 0 atom stereocenters. The predicted molar refractivity (Wildman–Crippen MR) is 121 cm³/mol. The summed E-state index contributed by atoms with van der Waals surface area (Å²) in [5, 5.41) is 0. The molecule has 0 radical (unpaired) electrons. The van der Waals surface area contributed by atoms with Crippen LogP contribution in [0.2, 0.25) is 0 Å². The minimum absolute atomic E-state index is 0.359. The van der Waals surface area contributed by atoms with E-state index >= 15 is 0 Å². The Labute approximate surface area is 166 Å². The first-order valence-electron chi connectivity index (χ1n) is 12.5. The van der Waals surface area contributed by atoms with Gasteiger partial charge in [0.25, 0.3) is 0 Å². The van der Waals surface area contributed by atoms with Crippen LogP contribution in [0.25, 0.3) is 0 Å². The van der Waals surface area contributed by atoms with Gasteiger partial charge in [-0.2, -0.15) is 0 Å². The van der Waals surface area contributed by atoms with E-state index in [-0.39, 0.29) is 0 Å². The fourth-order valence-electron chi connectivity index (χ4n) is 6.73. The first kappa shape index (κ1) is 20.1. The summed E-state index contributed by atoms with van der Waals surface area (Å²) in [4.78, 5) is 0. The Morgan fingerprint density at radius 3 is 0.654 bits per heavy atom. The maximum atomic E-state index is 1.64. The molecule has 0 spiro atoms. The maximum Gasteiger partial charge on any atom is -0.0168 e. The minimum atomic E-state index is 0.359. The molecule has 4 saturated carbocycles. The van der Waals surface area contributed by atoms with Crippen LogP contribution in [-0.2, 0) is 0 Å². The van der Waals surface area contributed by atoms with Crippen molar-refractivity contribution in [2.45, 2.75) is 151 Å². The standard InChI is InChI=1S/C24H44P2/c1-5-13-21(14-6-1)25(22-15-7-2-8-16-22)26(23-17-9-3-10-18-23)24-19-11-4-12-20-24/h21-24H,1-20H2. The molecule has 0 aromatic heterocycles. The Bertz CT molecular complexity index is 311. The number of rotatable bonds is 5. The van der Waals surface area contributed by atoms with Crippen molar-refractivity contribution in [1.29, 1.82) is 0 Å². The van der Waals surface area contributed by atoms with Gasteiger partial charge in [-0.25, -0.2) is 0 Å². The lowest BCUT2D eigenvalue weighted by Crippen LogP contribution is -2.27. The highest BCUT2D eigenvalue weighted by atomic mass is 32.1. The lowest BCUT2D eigenvalue weighted by molar-refractivity contribution is 0.479. The minimum Gasteiger partial charge on any atom is -0.0741 e. The highest BCUT2D eigenvalue weighted by molar-refractivity contribution is 8.31. The molecule has 26 heavy (non-hydrogen) atoms. The van der Waals surface area contributed by atoms with Crippen molar-refractivity contribution < 1.29 is 0 Å². The summed E-state index contributed by atoms with van der Waals surface area (Å²) in [6.07, 6.45) is 31.9. The molecular weight excluding hydrogens is 350 g/mol. The van der Waals surface area contributed by atoms with Gasteiger partial charge in [-0.15, -0.1) is 0 Å². The van der Waals surface area contributed by atoms with Crippen molar-refractivity contribution >= 4 is 15.2 Å². The second kappa shape index (κ2) is 10.6. The van der Waals surface area contributed by atoms with Gasteiger partial charge in [-0.3, -0.25) is 0 Å². The van der Waals surface area contributed by atoms with Gasteiger partial charge in [0.15, 0.2) is 0 Å². The van der Waals surface area contributed by atoms with Crippen LogP contribution in [0.5, 0.6) is 0 Å². The van der Waals surface area contributed by atoms with E-state index in [1.165, 1.54) is 22.6 Å². The van der Waals surface area contributed by atoms with Gasteiger partial charge >= 0.3 is 0 Å². The fourth-order valence-corrected chi connectivity index (χ4v) is 20.3. The SMILES string of the molecule is C1CCC(P(C2CCCCC2)P(C2CCCCC2)C2CCCCC2)CC1. The molecule has 4 fully saturated rings. The van der Waals surface area contributed by atoms with E-state index in [0.29, 0.717) is 15.2 Å². The summed E-state index contributed by atoms with van der Waals surface area (Å²) in [6.45, 7) is 0. The maximum absolute atomic E-state index is 1.64. The van der Waals surface area contributed by atoms with Crippen LogP contribution in [-0.4, -0.2) is 22.6 Å². The molecule has 150 valence electrons. The van der Waals surface area contributed by atoms with E-state index < -0.39 is 0 Å². The third-order valence-corrected chi connectivity index (χ3v) is 19.2. The molecular formula is C24H44P2. The molecule has 0 aliphatic heterocycles. The van der Waals surface area contributed by atoms with Crippen LogP contribution in [0.3, 0.4) is 0 Å². The van der Waals surface area contributed by atoms with Gasteiger partial charge in [0.05, 0.1) is 0 Å². The van der Waals surface area contributed by atoms with Gasteiger partial charge in [0, 0.05) is 0 Å². The molecule has 0 N–H and O–H groups in total. The number of hydrogen-bond acceptors (Lipinski definition) is 0. The van der Waals surface area contributed by atoms with E-state index in [0.717, 1.165) is 0 Å². The smallest absolute Gasteiger partial charge is 0.0168 e. The second-order valence-electron chi connectivity index (χ2n) is 9.93. The molecule has 4 aliphatic rings. The molecule has 0 amide bonds. The molecule has 0 aromatic rings. The van der Waals surface area contributed by atoms with Crippen molar-refractivity contribution in [1.82, 2.24) is 0 Å². The summed E-state index contributed by atoms with van der Waals surface area (Å²) in [5.74, 6) is 0. The van der Waals surface area contributed by atoms with Gasteiger partial charge in [-0.05, 0) is 74.0 Å². The van der Waals surface area contributed by atoms with Gasteiger partial charge in [0.1, 0.15) is 0 Å². The zero-order valence-electron chi connectivity index (χ0n) is 17.3. The molecule has 2 heteroatoms. The molecule has 0 saturated heterocycles. The van der Waals surface area contributed by atoms with Crippen molar-refractivity contribution in [3.63, 3.8) is 0 Å². The van der Waals surface area contributed by atoms with Gasteiger partial charge in [-0.1, -0.05) is 92.3 Å². The van der Waals surface area contributed by atoms with Crippen molar-refractivity contribution in [3.8, 4) is 0 Å². The van der Waals surface area contributed by atoms with E-state index in [1.54, 1.807) is 128 Å². The molecule has 0 nitrogen and oxygen atoms in total. The molecule has 4 rings (SSSR count). The van der Waals surface area contributed by atoms with Gasteiger partial charge in [0.2, 0.25) is 0 Å². The molecule has 0 unspecified atom stereocenters. The predicted octanol–water partition coefficient (Wildman–Crippen LogP) is 9.20. The Morgan fingerprint density at radius 2 is 0.462 bits per heavy atom. The zero-order chi connectivity index (χ0) is 17.6. The molecule has 0 bridgehead atoms. The average molecular weight is 395 g/mol. The van der Waals surface area contributed by atoms with E-state index in [2.05, 4.69) is 0 Å². The highest BCUT2D eigenvalue weighted by Crippen LogP contribution is 2.83. The Hall–Kier alpha value is 0.860. The number of hydrogen-bond donors (Lipinski definition) is 0. The van der Waals surface area contributed by atoms with Crippen LogP contribution in [0.15, 0.2) is 0 Å². The van der Waals surface area contributed by atoms with E-state index in [1.807, 2.05) is 0 Å². The Morgan fingerprint density at radius 1 is 0.269 bits per heavy atom. The third-order valence-electron chi connectivity index (χ3n) is 8.06. The fraction of sp³-hybridized carbons (Fsp3) is 1.00.